The van der Waals surface area contributed by atoms with Crippen LogP contribution in [-0.4, -0.2) is 34.9 Å². The van der Waals surface area contributed by atoms with Gasteiger partial charge in [-0.1, -0.05) is 214 Å². The molecule has 0 aromatic carbocycles. The average Bonchev–Trinajstić information content (AvgIpc) is 3.18. The monoisotopic (exact) mass is 750 g/mol. The highest BCUT2D eigenvalue weighted by atomic mass is 16.3. The molecule has 0 aromatic heterocycles. The summed E-state index contributed by atoms with van der Waals surface area (Å²) in [5.74, 6) is -0.0709. The van der Waals surface area contributed by atoms with E-state index in [0.717, 1.165) is 64.2 Å². The maximum atomic E-state index is 12.3. The van der Waals surface area contributed by atoms with Gasteiger partial charge in [0.05, 0.1) is 18.8 Å². The summed E-state index contributed by atoms with van der Waals surface area (Å²) in [5, 5.41) is 22.9. The molecule has 4 heteroatoms. The first-order valence-electron chi connectivity index (χ1n) is 22.8. The lowest BCUT2D eigenvalue weighted by molar-refractivity contribution is -0.123. The van der Waals surface area contributed by atoms with E-state index in [4.69, 9.17) is 0 Å². The third-order valence-electron chi connectivity index (χ3n) is 9.88. The highest BCUT2D eigenvalue weighted by Gasteiger charge is 2.17. The van der Waals surface area contributed by atoms with E-state index < -0.39 is 12.1 Å². The fraction of sp³-hybridized carbons (Fsp3) is 0.700. The van der Waals surface area contributed by atoms with Crippen LogP contribution in [0.3, 0.4) is 0 Å². The summed E-state index contributed by atoms with van der Waals surface area (Å²) in [4.78, 5) is 12.3. The summed E-state index contributed by atoms with van der Waals surface area (Å²) in [7, 11) is 0. The lowest BCUT2D eigenvalue weighted by Gasteiger charge is -2.20. The molecule has 0 saturated heterocycles. The van der Waals surface area contributed by atoms with Crippen molar-refractivity contribution >= 4 is 5.91 Å². The van der Waals surface area contributed by atoms with Crippen molar-refractivity contribution < 1.29 is 15.0 Å². The van der Waals surface area contributed by atoms with E-state index in [2.05, 4.69) is 92.1 Å². The Morgan fingerprint density at radius 3 is 1.22 bits per heavy atom. The summed E-state index contributed by atoms with van der Waals surface area (Å²) in [6.07, 6.45) is 65.7. The number of carbonyl (C=O) groups excluding carboxylic acids is 1. The zero-order valence-electron chi connectivity index (χ0n) is 35.5. The molecule has 0 spiro atoms. The van der Waals surface area contributed by atoms with Crippen molar-refractivity contribution in [1.29, 1.82) is 0 Å². The second-order valence-electron chi connectivity index (χ2n) is 15.1. The number of aliphatic hydroxyl groups is 2. The second kappa shape index (κ2) is 45.0. The van der Waals surface area contributed by atoms with E-state index in [1.165, 1.54) is 122 Å². The predicted molar refractivity (Wildman–Crippen MR) is 239 cm³/mol. The number of nitrogens with one attached hydrogen (secondary N) is 1. The van der Waals surface area contributed by atoms with E-state index in [1.807, 2.05) is 6.08 Å². The number of unbranched alkanes of at least 4 members (excludes halogenated alkanes) is 21. The highest BCUT2D eigenvalue weighted by Crippen LogP contribution is 2.14. The van der Waals surface area contributed by atoms with Gasteiger partial charge in [0.25, 0.3) is 0 Å². The number of aliphatic hydroxyl groups excluding tert-OH is 2. The average molecular weight is 750 g/mol. The van der Waals surface area contributed by atoms with Crippen LogP contribution < -0.4 is 5.32 Å². The summed E-state index contributed by atoms with van der Waals surface area (Å²) >= 11 is 0. The summed E-state index contributed by atoms with van der Waals surface area (Å²) in [6.45, 7) is 4.15. The van der Waals surface area contributed by atoms with E-state index in [-0.39, 0.29) is 12.5 Å². The van der Waals surface area contributed by atoms with Crippen LogP contribution in [0.1, 0.15) is 206 Å². The Labute approximate surface area is 335 Å². The van der Waals surface area contributed by atoms with Crippen molar-refractivity contribution in [2.75, 3.05) is 6.61 Å². The number of amides is 1. The highest BCUT2D eigenvalue weighted by molar-refractivity contribution is 5.76. The van der Waals surface area contributed by atoms with Gasteiger partial charge in [0.1, 0.15) is 0 Å². The maximum absolute atomic E-state index is 12.3. The van der Waals surface area contributed by atoms with Crippen molar-refractivity contribution in [2.24, 2.45) is 0 Å². The molecule has 54 heavy (non-hydrogen) atoms. The van der Waals surface area contributed by atoms with Crippen LogP contribution in [0.5, 0.6) is 0 Å². The predicted octanol–water partition coefficient (Wildman–Crippen LogP) is 14.5. The van der Waals surface area contributed by atoms with Crippen LogP contribution in [0.15, 0.2) is 85.1 Å². The van der Waals surface area contributed by atoms with Gasteiger partial charge < -0.3 is 15.5 Å². The van der Waals surface area contributed by atoms with Gasteiger partial charge >= 0.3 is 0 Å². The molecule has 1 amide bonds. The Morgan fingerprint density at radius 2 is 0.815 bits per heavy atom. The largest absolute Gasteiger partial charge is 0.394 e. The first kappa shape index (κ1) is 51.6. The molecule has 0 fully saturated rings. The van der Waals surface area contributed by atoms with Crippen LogP contribution in [0.4, 0.5) is 0 Å². The standard InChI is InChI=1S/C50H87NO3/c1-3-5-7-9-11-13-14-15-16-17-18-19-20-21-22-23-24-25-26-27-28-29-30-31-32-33-34-35-36-38-40-42-44-46-50(54)51-48(47-52)49(53)45-43-41-39-37-12-10-8-6-4-2/h5,7,11,13,15-16,18-19,21-22,24-25,43,45,48-49,52-53H,3-4,6,8-10,12,14,17,20,23,26-42,44,46-47H2,1-2H3,(H,51,54)/b7-5-,13-11-,16-15-,19-18-,22-21-,25-24-,45-43+. The van der Waals surface area contributed by atoms with Gasteiger partial charge in [-0.3, -0.25) is 4.79 Å². The Morgan fingerprint density at radius 1 is 0.463 bits per heavy atom. The Bertz CT molecular complexity index is 988. The number of rotatable bonds is 40. The molecule has 310 valence electrons. The van der Waals surface area contributed by atoms with Crippen LogP contribution >= 0.6 is 0 Å². The SMILES string of the molecule is CC/C=C\C/C=C\C/C=C\C/C=C\C/C=C\C/C=C\CCCCCCCCCCCCCCCCC(=O)NC(CO)C(O)/C=C/CCCCCCCCC. The molecule has 4 nitrogen and oxygen atoms in total. The van der Waals surface area contributed by atoms with Crippen molar-refractivity contribution in [2.45, 2.75) is 219 Å². The molecule has 0 aromatic rings. The van der Waals surface area contributed by atoms with Crippen LogP contribution in [0.2, 0.25) is 0 Å². The van der Waals surface area contributed by atoms with Crippen molar-refractivity contribution in [3.63, 3.8) is 0 Å². The minimum Gasteiger partial charge on any atom is -0.394 e. The van der Waals surface area contributed by atoms with Gasteiger partial charge in [0.15, 0.2) is 0 Å². The third kappa shape index (κ3) is 40.7. The molecule has 0 radical (unpaired) electrons. The molecule has 3 N–H and O–H groups in total. The molecular formula is C50H87NO3. The molecule has 0 aliphatic heterocycles. The molecule has 2 atom stereocenters. The quantitative estimate of drug-likeness (QED) is 0.0431. The van der Waals surface area contributed by atoms with Crippen molar-refractivity contribution in [3.8, 4) is 0 Å². The molecule has 2 unspecified atom stereocenters. The molecule has 0 aliphatic carbocycles. The Kier molecular flexibility index (Phi) is 42.9. The van der Waals surface area contributed by atoms with Gasteiger partial charge in [0.2, 0.25) is 5.91 Å². The second-order valence-corrected chi connectivity index (χ2v) is 15.1. The zero-order chi connectivity index (χ0) is 39.3. The summed E-state index contributed by atoms with van der Waals surface area (Å²) < 4.78 is 0. The van der Waals surface area contributed by atoms with Gasteiger partial charge in [-0.25, -0.2) is 0 Å². The fourth-order valence-corrected chi connectivity index (χ4v) is 6.42. The van der Waals surface area contributed by atoms with E-state index in [0.29, 0.717) is 6.42 Å². The third-order valence-corrected chi connectivity index (χ3v) is 9.88. The van der Waals surface area contributed by atoms with Crippen molar-refractivity contribution in [3.05, 3.63) is 85.1 Å². The topological polar surface area (TPSA) is 69.6 Å². The van der Waals surface area contributed by atoms with Gasteiger partial charge in [-0.2, -0.15) is 0 Å². The Hall–Kier alpha value is -2.43. The van der Waals surface area contributed by atoms with Crippen molar-refractivity contribution in [1.82, 2.24) is 5.32 Å². The van der Waals surface area contributed by atoms with Crippen LogP contribution in [0.25, 0.3) is 0 Å². The number of hydrogen-bond acceptors (Lipinski definition) is 3. The lowest BCUT2D eigenvalue weighted by atomic mass is 10.0. The Balaban J connectivity index is 3.52. The molecule has 0 rings (SSSR count). The number of allylic oxidation sites excluding steroid dienone is 13. The van der Waals surface area contributed by atoms with Gasteiger partial charge in [-0.05, 0) is 70.6 Å². The van der Waals surface area contributed by atoms with E-state index in [9.17, 15) is 15.0 Å². The molecule has 0 bridgehead atoms. The summed E-state index contributed by atoms with van der Waals surface area (Å²) in [5.41, 5.74) is 0. The number of hydrogen-bond donors (Lipinski definition) is 3. The maximum Gasteiger partial charge on any atom is 0.220 e. The smallest absolute Gasteiger partial charge is 0.220 e. The first-order valence-corrected chi connectivity index (χ1v) is 22.8. The van der Waals surface area contributed by atoms with E-state index >= 15 is 0 Å². The fourth-order valence-electron chi connectivity index (χ4n) is 6.42. The summed E-state index contributed by atoms with van der Waals surface area (Å²) in [6, 6.07) is -0.623. The van der Waals surface area contributed by atoms with Gasteiger partial charge in [0, 0.05) is 6.42 Å². The zero-order valence-corrected chi connectivity index (χ0v) is 35.5. The first-order chi connectivity index (χ1) is 26.7. The molecule has 0 saturated carbocycles. The van der Waals surface area contributed by atoms with Crippen LogP contribution in [-0.2, 0) is 4.79 Å². The van der Waals surface area contributed by atoms with E-state index in [1.54, 1.807) is 6.08 Å². The molecular weight excluding hydrogens is 663 g/mol. The minimum absolute atomic E-state index is 0.0709. The molecule has 0 heterocycles. The molecule has 0 aliphatic rings. The minimum atomic E-state index is -0.840. The van der Waals surface area contributed by atoms with Gasteiger partial charge in [-0.15, -0.1) is 0 Å². The normalized spacial score (nSPS) is 13.8. The number of carbonyl (C=O) groups is 1. The van der Waals surface area contributed by atoms with Crippen LogP contribution in [0, 0.1) is 0 Å². The lowest BCUT2D eigenvalue weighted by Crippen LogP contribution is -2.45.